The van der Waals surface area contributed by atoms with Gasteiger partial charge in [-0.1, -0.05) is 30.3 Å². The van der Waals surface area contributed by atoms with Gasteiger partial charge in [-0.25, -0.2) is 4.98 Å². The molecule has 1 aromatic heterocycles. The molecule has 2 aliphatic carbocycles. The molecule has 0 atom stereocenters. The van der Waals surface area contributed by atoms with Crippen molar-refractivity contribution in [2.45, 2.75) is 37.8 Å². The van der Waals surface area contributed by atoms with E-state index in [0.717, 1.165) is 30.6 Å². The van der Waals surface area contributed by atoms with Gasteiger partial charge in [-0.15, -0.1) is 11.3 Å². The topological polar surface area (TPSA) is 82.5 Å². The Balaban J connectivity index is 1.30. The van der Waals surface area contributed by atoms with Crippen molar-refractivity contribution in [1.29, 1.82) is 0 Å². The zero-order valence-electron chi connectivity index (χ0n) is 15.0. The number of hydrogen-bond acceptors (Lipinski definition) is 5. The number of carbonyl (C=O) groups is 2. The highest BCUT2D eigenvalue weighted by Gasteiger charge is 2.38. The predicted molar refractivity (Wildman–Crippen MR) is 104 cm³/mol. The number of carboxylic acids is 1. The number of aromatic nitrogens is 1. The van der Waals surface area contributed by atoms with Gasteiger partial charge in [-0.2, -0.15) is 0 Å². The Labute approximate surface area is 162 Å². The van der Waals surface area contributed by atoms with Crippen LogP contribution in [-0.2, 0) is 4.79 Å². The van der Waals surface area contributed by atoms with Gasteiger partial charge < -0.3 is 10.4 Å². The van der Waals surface area contributed by atoms with Crippen LogP contribution in [0.4, 0.5) is 0 Å². The van der Waals surface area contributed by atoms with Gasteiger partial charge in [-0.3, -0.25) is 14.5 Å². The lowest BCUT2D eigenvalue weighted by Gasteiger charge is -2.42. The van der Waals surface area contributed by atoms with Crippen LogP contribution in [0.25, 0.3) is 11.3 Å². The predicted octanol–water partition coefficient (Wildman–Crippen LogP) is 2.87. The van der Waals surface area contributed by atoms with Crippen LogP contribution in [0, 0.1) is 5.92 Å². The number of amides is 1. The molecule has 2 saturated carbocycles. The fraction of sp³-hybridized carbons (Fsp3) is 0.450. The third kappa shape index (κ3) is 4.54. The molecule has 1 amide bonds. The van der Waals surface area contributed by atoms with Crippen molar-refractivity contribution < 1.29 is 14.7 Å². The summed E-state index contributed by atoms with van der Waals surface area (Å²) in [6.07, 6.45) is 4.03. The molecule has 6 nitrogen and oxygen atoms in total. The first kappa shape index (κ1) is 18.1. The maximum Gasteiger partial charge on any atom is 0.317 e. The van der Waals surface area contributed by atoms with Gasteiger partial charge in [-0.05, 0) is 31.6 Å². The molecule has 1 aromatic carbocycles. The second-order valence-electron chi connectivity index (χ2n) is 7.47. The molecule has 0 saturated heterocycles. The summed E-state index contributed by atoms with van der Waals surface area (Å²) in [6.45, 7) is 0.958. The Morgan fingerprint density at radius 2 is 1.96 bits per heavy atom. The molecule has 0 unspecified atom stereocenters. The molecule has 2 aliphatic rings. The van der Waals surface area contributed by atoms with Gasteiger partial charge >= 0.3 is 5.97 Å². The quantitative estimate of drug-likeness (QED) is 0.730. The van der Waals surface area contributed by atoms with Crippen molar-refractivity contribution in [1.82, 2.24) is 15.2 Å². The van der Waals surface area contributed by atoms with Crippen LogP contribution in [0.2, 0.25) is 0 Å². The van der Waals surface area contributed by atoms with Gasteiger partial charge in [0.15, 0.2) is 5.01 Å². The number of nitrogens with one attached hydrogen (secondary N) is 1. The minimum absolute atomic E-state index is 0.0920. The van der Waals surface area contributed by atoms with Crippen LogP contribution in [0.1, 0.15) is 35.5 Å². The molecule has 0 bridgehead atoms. The molecule has 2 aromatic rings. The number of hydrogen-bond donors (Lipinski definition) is 2. The van der Waals surface area contributed by atoms with Crippen molar-refractivity contribution in [2.75, 3.05) is 13.1 Å². The summed E-state index contributed by atoms with van der Waals surface area (Å²) >= 11 is 1.35. The number of aliphatic carboxylic acids is 1. The highest BCUT2D eigenvalue weighted by atomic mass is 32.1. The summed E-state index contributed by atoms with van der Waals surface area (Å²) in [7, 11) is 0. The van der Waals surface area contributed by atoms with Crippen LogP contribution in [0.15, 0.2) is 35.7 Å². The van der Waals surface area contributed by atoms with E-state index >= 15 is 0 Å². The zero-order chi connectivity index (χ0) is 18.8. The number of rotatable bonds is 8. The maximum atomic E-state index is 12.5. The summed E-state index contributed by atoms with van der Waals surface area (Å²) in [4.78, 5) is 30.1. The third-order valence-electron chi connectivity index (χ3n) is 5.26. The minimum Gasteiger partial charge on any atom is -0.480 e. The molecule has 2 N–H and O–H groups in total. The first-order valence-electron chi connectivity index (χ1n) is 9.36. The smallest absolute Gasteiger partial charge is 0.317 e. The van der Waals surface area contributed by atoms with Crippen molar-refractivity contribution in [3.05, 3.63) is 40.7 Å². The molecule has 7 heteroatoms. The number of benzene rings is 1. The van der Waals surface area contributed by atoms with E-state index in [4.69, 9.17) is 5.11 Å². The Bertz CT molecular complexity index is 813. The lowest BCUT2D eigenvalue weighted by molar-refractivity contribution is -0.139. The van der Waals surface area contributed by atoms with Crippen LogP contribution >= 0.6 is 11.3 Å². The summed E-state index contributed by atoms with van der Waals surface area (Å²) in [5.41, 5.74) is 1.81. The summed E-state index contributed by atoms with van der Waals surface area (Å²) < 4.78 is 0. The lowest BCUT2D eigenvalue weighted by atomic mass is 9.85. The van der Waals surface area contributed by atoms with E-state index in [1.807, 2.05) is 35.7 Å². The van der Waals surface area contributed by atoms with E-state index in [2.05, 4.69) is 15.2 Å². The zero-order valence-corrected chi connectivity index (χ0v) is 15.8. The van der Waals surface area contributed by atoms with E-state index in [1.165, 1.54) is 24.2 Å². The van der Waals surface area contributed by atoms with Crippen LogP contribution in [0.3, 0.4) is 0 Å². The van der Waals surface area contributed by atoms with E-state index in [-0.39, 0.29) is 24.5 Å². The highest BCUT2D eigenvalue weighted by molar-refractivity contribution is 7.12. The first-order valence-corrected chi connectivity index (χ1v) is 10.2. The second kappa shape index (κ2) is 7.78. The van der Waals surface area contributed by atoms with Gasteiger partial charge in [0.05, 0.1) is 12.2 Å². The van der Waals surface area contributed by atoms with Crippen LogP contribution in [-0.4, -0.2) is 52.0 Å². The number of carbonyl (C=O) groups excluding carboxylic acids is 1. The number of thiazole rings is 1. The molecular weight excluding hydrogens is 362 g/mol. The minimum atomic E-state index is -0.778. The maximum absolute atomic E-state index is 12.5. The molecule has 0 aliphatic heterocycles. The molecule has 2 fully saturated rings. The van der Waals surface area contributed by atoms with E-state index in [0.29, 0.717) is 10.9 Å². The summed E-state index contributed by atoms with van der Waals surface area (Å²) in [5, 5.41) is 14.5. The molecule has 142 valence electrons. The molecule has 1 heterocycles. The van der Waals surface area contributed by atoms with Gasteiger partial charge in [0.25, 0.3) is 5.91 Å². The lowest BCUT2D eigenvalue weighted by Crippen LogP contribution is -2.55. The van der Waals surface area contributed by atoms with Gasteiger partial charge in [0, 0.05) is 29.6 Å². The molecular formula is C20H23N3O3S. The fourth-order valence-electron chi connectivity index (χ4n) is 3.52. The number of carboxylic acid groups (broad SMARTS) is 1. The van der Waals surface area contributed by atoms with E-state index in [9.17, 15) is 9.59 Å². The number of nitrogens with zero attached hydrogens (tertiary/aromatic N) is 2. The Hall–Kier alpha value is -2.25. The van der Waals surface area contributed by atoms with Crippen molar-refractivity contribution >= 4 is 23.2 Å². The third-order valence-corrected chi connectivity index (χ3v) is 6.10. The fourth-order valence-corrected chi connectivity index (χ4v) is 4.25. The second-order valence-corrected chi connectivity index (χ2v) is 8.32. The van der Waals surface area contributed by atoms with Crippen LogP contribution < -0.4 is 5.32 Å². The average Bonchev–Trinajstić information content (AvgIpc) is 3.29. The SMILES string of the molecule is O=C(O)CN(CC1CC1)C1CC(NC(=O)c2nc(-c3ccccc3)cs2)C1. The average molecular weight is 385 g/mol. The standard InChI is InChI=1S/C20H23N3O3S/c24-18(25)11-23(10-13-6-7-13)16-8-15(9-16)21-19(26)20-22-17(12-27-20)14-4-2-1-3-5-14/h1-5,12-13,15-16H,6-11H2,(H,21,26)(H,24,25). The van der Waals surface area contributed by atoms with Crippen molar-refractivity contribution in [3.8, 4) is 11.3 Å². The highest BCUT2D eigenvalue weighted by Crippen LogP contribution is 2.34. The van der Waals surface area contributed by atoms with Gasteiger partial charge in [0.1, 0.15) is 0 Å². The molecule has 27 heavy (non-hydrogen) atoms. The van der Waals surface area contributed by atoms with Gasteiger partial charge in [0.2, 0.25) is 0 Å². The largest absolute Gasteiger partial charge is 0.480 e. The molecule has 4 rings (SSSR count). The Morgan fingerprint density at radius 1 is 1.22 bits per heavy atom. The first-order chi connectivity index (χ1) is 13.1. The van der Waals surface area contributed by atoms with Crippen molar-refractivity contribution in [2.24, 2.45) is 5.92 Å². The summed E-state index contributed by atoms with van der Waals surface area (Å²) in [6, 6.07) is 10.2. The Kier molecular flexibility index (Phi) is 5.22. The van der Waals surface area contributed by atoms with Crippen molar-refractivity contribution in [3.63, 3.8) is 0 Å². The molecule has 0 spiro atoms. The monoisotopic (exact) mass is 385 g/mol. The van der Waals surface area contributed by atoms with E-state index in [1.54, 1.807) is 0 Å². The van der Waals surface area contributed by atoms with E-state index < -0.39 is 5.97 Å². The Morgan fingerprint density at radius 3 is 2.63 bits per heavy atom. The normalized spacial score (nSPS) is 21.7. The van der Waals surface area contributed by atoms with Crippen LogP contribution in [0.5, 0.6) is 0 Å². The molecule has 0 radical (unpaired) electrons. The summed E-state index contributed by atoms with van der Waals surface area (Å²) in [5.74, 6) is -0.262.